The summed E-state index contributed by atoms with van der Waals surface area (Å²) < 4.78 is 32.9. The van der Waals surface area contributed by atoms with E-state index in [9.17, 15) is 8.42 Å². The molecule has 0 fully saturated rings. The number of nitrogens with one attached hydrogen (secondary N) is 1. The van der Waals surface area contributed by atoms with E-state index < -0.39 is 10.0 Å². The molecule has 1 rings (SSSR count). The van der Waals surface area contributed by atoms with Gasteiger partial charge in [0, 0.05) is 23.0 Å². The zero-order chi connectivity index (χ0) is 15.3. The van der Waals surface area contributed by atoms with Crippen LogP contribution in [0.2, 0.25) is 10.0 Å². The third-order valence-corrected chi connectivity index (χ3v) is 5.74. The quantitative estimate of drug-likeness (QED) is 0.617. The second-order valence-corrected chi connectivity index (χ2v) is 8.12. The number of hydrogen-bond acceptors (Lipinski definition) is 3. The van der Waals surface area contributed by atoms with E-state index in [1.807, 2.05) is 0 Å². The smallest absolute Gasteiger partial charge is 0.243 e. The summed E-state index contributed by atoms with van der Waals surface area (Å²) in [6, 6.07) is 2.61. The lowest BCUT2D eigenvalue weighted by atomic mass is 10.3. The number of ether oxygens (including phenoxy) is 1. The van der Waals surface area contributed by atoms with E-state index in [0.717, 1.165) is 0 Å². The number of benzene rings is 1. The van der Waals surface area contributed by atoms with Crippen LogP contribution in [-0.2, 0) is 14.8 Å². The van der Waals surface area contributed by atoms with E-state index in [1.54, 1.807) is 0 Å². The molecule has 1 aromatic rings. The molecule has 0 heterocycles. The molecular formula is C11H13Br2Cl2NO3S. The van der Waals surface area contributed by atoms with Gasteiger partial charge in [0.05, 0.1) is 16.7 Å². The maximum absolute atomic E-state index is 12.4. The molecule has 0 spiro atoms. The SMILES string of the molecule is COCC(CCBr)NS(=O)(=O)c1c(Cl)cc(Br)cc1Cl. The van der Waals surface area contributed by atoms with Gasteiger partial charge in [0.2, 0.25) is 10.0 Å². The third-order valence-electron chi connectivity index (χ3n) is 2.38. The molecule has 0 saturated carbocycles. The molecule has 0 aliphatic carbocycles. The van der Waals surface area contributed by atoms with Gasteiger partial charge in [-0.15, -0.1) is 0 Å². The van der Waals surface area contributed by atoms with Crippen molar-refractivity contribution in [1.29, 1.82) is 0 Å². The number of alkyl halides is 1. The summed E-state index contributed by atoms with van der Waals surface area (Å²) in [5.74, 6) is 0. The Bertz CT molecular complexity index is 540. The summed E-state index contributed by atoms with van der Waals surface area (Å²) in [5.41, 5.74) is 0. The Labute approximate surface area is 145 Å². The molecule has 0 aliphatic rings. The topological polar surface area (TPSA) is 55.4 Å². The van der Waals surface area contributed by atoms with Gasteiger partial charge in [-0.1, -0.05) is 55.1 Å². The maximum atomic E-state index is 12.4. The monoisotopic (exact) mass is 467 g/mol. The minimum atomic E-state index is -3.82. The first-order chi connectivity index (χ1) is 9.31. The van der Waals surface area contributed by atoms with Crippen molar-refractivity contribution in [3.63, 3.8) is 0 Å². The lowest BCUT2D eigenvalue weighted by Gasteiger charge is -2.18. The maximum Gasteiger partial charge on any atom is 0.243 e. The van der Waals surface area contributed by atoms with Crippen molar-refractivity contribution in [1.82, 2.24) is 4.72 Å². The van der Waals surface area contributed by atoms with Gasteiger partial charge in [0.15, 0.2) is 0 Å². The van der Waals surface area contributed by atoms with Crippen molar-refractivity contribution in [2.24, 2.45) is 0 Å². The predicted molar refractivity (Wildman–Crippen MR) is 88.6 cm³/mol. The number of rotatable bonds is 7. The Balaban J connectivity index is 3.10. The van der Waals surface area contributed by atoms with E-state index in [4.69, 9.17) is 27.9 Å². The fourth-order valence-electron chi connectivity index (χ4n) is 1.57. The number of methoxy groups -OCH3 is 1. The molecule has 4 nitrogen and oxygen atoms in total. The second kappa shape index (κ2) is 8.31. The van der Waals surface area contributed by atoms with Crippen molar-refractivity contribution >= 4 is 65.1 Å². The van der Waals surface area contributed by atoms with Crippen molar-refractivity contribution in [2.45, 2.75) is 17.4 Å². The second-order valence-electron chi connectivity index (χ2n) is 3.95. The van der Waals surface area contributed by atoms with Crippen LogP contribution in [0.4, 0.5) is 0 Å². The highest BCUT2D eigenvalue weighted by Crippen LogP contribution is 2.32. The largest absolute Gasteiger partial charge is 0.383 e. The molecule has 0 amide bonds. The summed E-state index contributed by atoms with van der Waals surface area (Å²) in [6.45, 7) is 0.261. The minimum Gasteiger partial charge on any atom is -0.383 e. The molecule has 1 unspecified atom stereocenters. The van der Waals surface area contributed by atoms with Crippen LogP contribution in [0.15, 0.2) is 21.5 Å². The molecule has 9 heteroatoms. The lowest BCUT2D eigenvalue weighted by Crippen LogP contribution is -2.38. The normalized spacial score (nSPS) is 13.4. The molecule has 1 aromatic carbocycles. The average Bonchev–Trinajstić information content (AvgIpc) is 2.26. The summed E-state index contributed by atoms with van der Waals surface area (Å²) in [7, 11) is -2.31. The molecule has 0 aliphatic heterocycles. The van der Waals surface area contributed by atoms with Crippen LogP contribution < -0.4 is 4.72 Å². The Hall–Kier alpha value is 0.630. The van der Waals surface area contributed by atoms with Gasteiger partial charge in [0.1, 0.15) is 4.90 Å². The Morgan fingerprint density at radius 2 is 1.90 bits per heavy atom. The van der Waals surface area contributed by atoms with Crippen LogP contribution in [0.25, 0.3) is 0 Å². The molecule has 1 atom stereocenters. The van der Waals surface area contributed by atoms with Gasteiger partial charge in [0.25, 0.3) is 0 Å². The standard InChI is InChI=1S/C11H13Br2Cl2NO3S/c1-19-6-8(2-3-12)16-20(17,18)11-9(14)4-7(13)5-10(11)15/h4-5,8,16H,2-3,6H2,1H3. The van der Waals surface area contributed by atoms with E-state index in [2.05, 4.69) is 36.6 Å². The first kappa shape index (κ1) is 18.7. The zero-order valence-corrected chi connectivity index (χ0v) is 16.0. The van der Waals surface area contributed by atoms with Gasteiger partial charge in [-0.3, -0.25) is 0 Å². The number of hydrogen-bond donors (Lipinski definition) is 1. The van der Waals surface area contributed by atoms with Crippen LogP contribution in [0.5, 0.6) is 0 Å². The van der Waals surface area contributed by atoms with Gasteiger partial charge in [-0.05, 0) is 18.6 Å². The molecule has 0 bridgehead atoms. The van der Waals surface area contributed by atoms with Gasteiger partial charge < -0.3 is 4.74 Å². The summed E-state index contributed by atoms with van der Waals surface area (Å²) in [4.78, 5) is -0.125. The van der Waals surface area contributed by atoms with E-state index in [-0.39, 0.29) is 27.6 Å². The predicted octanol–water partition coefficient (Wildman–Crippen LogP) is 3.83. The minimum absolute atomic E-state index is 0.0619. The molecule has 20 heavy (non-hydrogen) atoms. The zero-order valence-electron chi connectivity index (χ0n) is 10.5. The average molecular weight is 470 g/mol. The van der Waals surface area contributed by atoms with Crippen molar-refractivity contribution in [2.75, 3.05) is 19.0 Å². The molecule has 0 radical (unpaired) electrons. The molecule has 0 saturated heterocycles. The fourth-order valence-corrected chi connectivity index (χ4v) is 5.32. The van der Waals surface area contributed by atoms with Gasteiger partial charge >= 0.3 is 0 Å². The molecule has 114 valence electrons. The van der Waals surface area contributed by atoms with Crippen LogP contribution in [0, 0.1) is 0 Å². The highest BCUT2D eigenvalue weighted by Gasteiger charge is 2.25. The highest BCUT2D eigenvalue weighted by molar-refractivity contribution is 9.10. The van der Waals surface area contributed by atoms with E-state index in [1.165, 1.54) is 19.2 Å². The van der Waals surface area contributed by atoms with Gasteiger partial charge in [-0.2, -0.15) is 0 Å². The Kier molecular flexibility index (Phi) is 7.76. The first-order valence-corrected chi connectivity index (χ1v) is 9.69. The van der Waals surface area contributed by atoms with Gasteiger partial charge in [-0.25, -0.2) is 13.1 Å². The molecule has 0 aromatic heterocycles. The van der Waals surface area contributed by atoms with E-state index >= 15 is 0 Å². The van der Waals surface area contributed by atoms with E-state index in [0.29, 0.717) is 16.2 Å². The first-order valence-electron chi connectivity index (χ1n) is 5.53. The summed E-state index contributed by atoms with van der Waals surface area (Å²) >= 11 is 18.4. The van der Waals surface area contributed by atoms with Crippen molar-refractivity contribution in [3.05, 3.63) is 26.7 Å². The highest BCUT2D eigenvalue weighted by atomic mass is 79.9. The Morgan fingerprint density at radius 1 is 1.35 bits per heavy atom. The fraction of sp³-hybridized carbons (Fsp3) is 0.455. The van der Waals surface area contributed by atoms with Crippen molar-refractivity contribution in [3.8, 4) is 0 Å². The van der Waals surface area contributed by atoms with Crippen LogP contribution in [0.3, 0.4) is 0 Å². The van der Waals surface area contributed by atoms with Crippen LogP contribution >= 0.6 is 55.1 Å². The number of halogens is 4. The molecule has 1 N–H and O–H groups in total. The Morgan fingerprint density at radius 3 is 2.35 bits per heavy atom. The number of sulfonamides is 1. The van der Waals surface area contributed by atoms with Crippen LogP contribution in [-0.4, -0.2) is 33.5 Å². The van der Waals surface area contributed by atoms with Crippen molar-refractivity contribution < 1.29 is 13.2 Å². The lowest BCUT2D eigenvalue weighted by molar-refractivity contribution is 0.173. The third kappa shape index (κ3) is 5.12. The van der Waals surface area contributed by atoms with Crippen LogP contribution in [0.1, 0.15) is 6.42 Å². The molecular weight excluding hydrogens is 457 g/mol. The summed E-state index contributed by atoms with van der Waals surface area (Å²) in [5, 5.41) is 0.768. The summed E-state index contributed by atoms with van der Waals surface area (Å²) in [6.07, 6.45) is 0.582.